The van der Waals surface area contributed by atoms with E-state index >= 15 is 0 Å². The number of nitrogens with one attached hydrogen (secondary N) is 1. The summed E-state index contributed by atoms with van der Waals surface area (Å²) in [6.07, 6.45) is 2.98. The molecule has 1 saturated heterocycles. The molecule has 1 fully saturated rings. The topological polar surface area (TPSA) is 99.9 Å². The van der Waals surface area contributed by atoms with E-state index < -0.39 is 10.9 Å². The van der Waals surface area contributed by atoms with E-state index in [1.165, 1.54) is 12.1 Å². The Morgan fingerprint density at radius 1 is 0.907 bits per heavy atom. The van der Waals surface area contributed by atoms with Crippen LogP contribution in [0.2, 0.25) is 0 Å². The number of rotatable bonds is 13. The van der Waals surface area contributed by atoms with Crippen molar-refractivity contribution in [3.05, 3.63) is 136 Å². The van der Waals surface area contributed by atoms with E-state index in [0.717, 1.165) is 36.0 Å². The fourth-order valence-corrected chi connectivity index (χ4v) is 5.32. The molecule has 8 heteroatoms. The molecule has 0 bridgehead atoms. The molecule has 1 N–H and O–H groups in total. The largest absolute Gasteiger partial charge is 0.461 e. The molecule has 1 aliphatic rings. The Bertz CT molecular complexity index is 1460. The average Bonchev–Trinajstić information content (AvgIpc) is 3.06. The third-order valence-corrected chi connectivity index (χ3v) is 7.49. The summed E-state index contributed by atoms with van der Waals surface area (Å²) >= 11 is 0. The number of nitro groups is 1. The number of benzene rings is 4. The SMILES string of the molecule is O=C(OCCNC(Cc1ccccc1)[C@H](OC1CCCCO1)c1ccccc1)c1ccc(-c2ccccc2)cc1[N+](=O)[O-]. The molecule has 0 amide bonds. The van der Waals surface area contributed by atoms with Crippen molar-refractivity contribution >= 4 is 11.7 Å². The lowest BCUT2D eigenvalue weighted by Crippen LogP contribution is -2.42. The van der Waals surface area contributed by atoms with Gasteiger partial charge in [0.05, 0.1) is 4.92 Å². The molecule has 0 aromatic heterocycles. The van der Waals surface area contributed by atoms with E-state index in [9.17, 15) is 14.9 Å². The third kappa shape index (κ3) is 8.35. The van der Waals surface area contributed by atoms with Gasteiger partial charge in [-0.1, -0.05) is 97.1 Å². The Kier molecular flexibility index (Phi) is 10.6. The quantitative estimate of drug-likeness (QED) is 0.0794. The molecule has 0 aliphatic carbocycles. The van der Waals surface area contributed by atoms with Gasteiger partial charge in [0.25, 0.3) is 5.69 Å². The van der Waals surface area contributed by atoms with Gasteiger partial charge in [-0.15, -0.1) is 0 Å². The number of hydrogen-bond donors (Lipinski definition) is 1. The number of nitrogens with zero attached hydrogens (tertiary/aromatic N) is 1. The number of nitro benzene ring substituents is 1. The highest BCUT2D eigenvalue weighted by atomic mass is 16.7. The maximum Gasteiger partial charge on any atom is 0.345 e. The van der Waals surface area contributed by atoms with Crippen molar-refractivity contribution in [1.82, 2.24) is 5.32 Å². The summed E-state index contributed by atoms with van der Waals surface area (Å²) < 4.78 is 18.0. The van der Waals surface area contributed by atoms with Gasteiger partial charge in [0.2, 0.25) is 0 Å². The van der Waals surface area contributed by atoms with Crippen molar-refractivity contribution in [2.24, 2.45) is 0 Å². The van der Waals surface area contributed by atoms with Gasteiger partial charge in [0.1, 0.15) is 18.3 Å². The lowest BCUT2D eigenvalue weighted by atomic mass is 9.95. The summed E-state index contributed by atoms with van der Waals surface area (Å²) in [6.45, 7) is 1.04. The minimum absolute atomic E-state index is 0.0309. The molecule has 4 aromatic rings. The molecule has 0 saturated carbocycles. The predicted molar refractivity (Wildman–Crippen MR) is 165 cm³/mol. The first-order valence-corrected chi connectivity index (χ1v) is 14.7. The molecule has 1 aliphatic heterocycles. The van der Waals surface area contributed by atoms with Crippen LogP contribution >= 0.6 is 0 Å². The molecule has 8 nitrogen and oxygen atoms in total. The van der Waals surface area contributed by atoms with Crippen LogP contribution in [-0.2, 0) is 20.6 Å². The fourth-order valence-electron chi connectivity index (χ4n) is 5.32. The van der Waals surface area contributed by atoms with Crippen LogP contribution in [0.5, 0.6) is 0 Å². The molecule has 5 rings (SSSR count). The van der Waals surface area contributed by atoms with Crippen molar-refractivity contribution in [3.63, 3.8) is 0 Å². The normalized spacial score (nSPS) is 16.2. The molecule has 1 heterocycles. The van der Waals surface area contributed by atoms with Gasteiger partial charge < -0.3 is 19.5 Å². The molecule has 4 aromatic carbocycles. The zero-order valence-corrected chi connectivity index (χ0v) is 24.0. The van der Waals surface area contributed by atoms with Gasteiger partial charge >= 0.3 is 5.97 Å². The van der Waals surface area contributed by atoms with Crippen LogP contribution in [0.4, 0.5) is 5.69 Å². The van der Waals surface area contributed by atoms with Crippen LogP contribution in [0.15, 0.2) is 109 Å². The molecule has 3 atom stereocenters. The second-order valence-corrected chi connectivity index (χ2v) is 10.5. The first-order valence-electron chi connectivity index (χ1n) is 14.7. The van der Waals surface area contributed by atoms with Crippen molar-refractivity contribution < 1.29 is 23.9 Å². The highest BCUT2D eigenvalue weighted by Gasteiger charge is 2.29. The smallest absolute Gasteiger partial charge is 0.345 e. The fraction of sp³-hybridized carbons (Fsp3) is 0.286. The maximum atomic E-state index is 13.0. The number of carbonyl (C=O) groups excluding carboxylic acids is 1. The van der Waals surface area contributed by atoms with Crippen molar-refractivity contribution in [1.29, 1.82) is 0 Å². The first kappa shape index (κ1) is 30.1. The summed E-state index contributed by atoms with van der Waals surface area (Å²) in [5.41, 5.74) is 3.28. The summed E-state index contributed by atoms with van der Waals surface area (Å²) in [5, 5.41) is 15.4. The summed E-state index contributed by atoms with van der Waals surface area (Å²) in [7, 11) is 0. The van der Waals surface area contributed by atoms with E-state index in [-0.39, 0.29) is 36.3 Å². The van der Waals surface area contributed by atoms with Gasteiger partial charge in [-0.25, -0.2) is 4.79 Å². The first-order chi connectivity index (χ1) is 21.1. The standard InChI is InChI=1S/C35H36N2O6/c38-35(30-20-19-29(25-32(30)37(39)40)27-14-6-2-7-15-27)42-23-21-36-31(24-26-12-4-1-5-13-26)34(28-16-8-3-9-17-28)43-33-18-10-11-22-41-33/h1-9,12-17,19-20,25,31,33-34,36H,10-11,18,21-24H2/t31?,33?,34-/m1/s1. The number of carbonyl (C=O) groups is 1. The van der Waals surface area contributed by atoms with Gasteiger partial charge in [-0.05, 0) is 54.0 Å². The van der Waals surface area contributed by atoms with Gasteiger partial charge in [-0.2, -0.15) is 0 Å². The van der Waals surface area contributed by atoms with Gasteiger partial charge in [0.15, 0.2) is 6.29 Å². The third-order valence-electron chi connectivity index (χ3n) is 7.49. The zero-order chi connectivity index (χ0) is 29.9. The minimum atomic E-state index is -0.737. The van der Waals surface area contributed by atoms with Crippen LogP contribution in [0.1, 0.15) is 46.9 Å². The Morgan fingerprint density at radius 2 is 1.60 bits per heavy atom. The molecule has 222 valence electrons. The Hall–Kier alpha value is -4.37. The van der Waals surface area contributed by atoms with Crippen LogP contribution in [0, 0.1) is 10.1 Å². The second-order valence-electron chi connectivity index (χ2n) is 10.5. The maximum absolute atomic E-state index is 13.0. The molecule has 2 unspecified atom stereocenters. The van der Waals surface area contributed by atoms with E-state index in [4.69, 9.17) is 14.2 Å². The van der Waals surface area contributed by atoms with Gasteiger partial charge in [-0.3, -0.25) is 10.1 Å². The zero-order valence-electron chi connectivity index (χ0n) is 24.0. The van der Waals surface area contributed by atoms with E-state index in [2.05, 4.69) is 17.4 Å². The molecule has 43 heavy (non-hydrogen) atoms. The Morgan fingerprint density at radius 3 is 2.28 bits per heavy atom. The van der Waals surface area contributed by atoms with E-state index in [1.54, 1.807) is 6.07 Å². The molecule has 0 radical (unpaired) electrons. The molecule has 0 spiro atoms. The van der Waals surface area contributed by atoms with Crippen molar-refractivity contribution in [2.45, 2.75) is 44.1 Å². The van der Waals surface area contributed by atoms with Crippen LogP contribution in [0.25, 0.3) is 11.1 Å². The number of hydrogen-bond acceptors (Lipinski definition) is 7. The number of esters is 1. The molecular weight excluding hydrogens is 544 g/mol. The predicted octanol–water partition coefficient (Wildman–Crippen LogP) is 6.90. The highest BCUT2D eigenvalue weighted by Crippen LogP contribution is 2.30. The molecular formula is C35H36N2O6. The summed E-state index contributed by atoms with van der Waals surface area (Å²) in [5.74, 6) is -0.737. The Balaban J connectivity index is 1.28. The lowest BCUT2D eigenvalue weighted by molar-refractivity contribution is -0.385. The summed E-state index contributed by atoms with van der Waals surface area (Å²) in [6, 6.07) is 33.9. The van der Waals surface area contributed by atoms with E-state index in [0.29, 0.717) is 25.1 Å². The minimum Gasteiger partial charge on any atom is -0.461 e. The second kappa shape index (κ2) is 15.2. The van der Waals surface area contributed by atoms with Crippen molar-refractivity contribution in [3.8, 4) is 11.1 Å². The van der Waals surface area contributed by atoms with Crippen LogP contribution < -0.4 is 5.32 Å². The highest BCUT2D eigenvalue weighted by molar-refractivity contribution is 5.95. The van der Waals surface area contributed by atoms with Crippen LogP contribution in [0.3, 0.4) is 0 Å². The van der Waals surface area contributed by atoms with Crippen molar-refractivity contribution in [2.75, 3.05) is 19.8 Å². The Labute approximate surface area is 251 Å². The average molecular weight is 581 g/mol. The van der Waals surface area contributed by atoms with Crippen LogP contribution in [-0.4, -0.2) is 43.0 Å². The monoisotopic (exact) mass is 580 g/mol. The number of ether oxygens (including phenoxy) is 3. The summed E-state index contributed by atoms with van der Waals surface area (Å²) in [4.78, 5) is 24.3. The lowest BCUT2D eigenvalue weighted by Gasteiger charge is -2.33. The van der Waals surface area contributed by atoms with E-state index in [1.807, 2.05) is 78.9 Å². The van der Waals surface area contributed by atoms with Gasteiger partial charge in [0, 0.05) is 25.3 Å².